The van der Waals surface area contributed by atoms with Gasteiger partial charge in [-0.15, -0.1) is 0 Å². The number of fused-ring (bicyclic) bond motifs is 1. The molecule has 4 rings (SSSR count). The average molecular weight is 485 g/mol. The molecule has 4 aromatic rings. The van der Waals surface area contributed by atoms with E-state index in [4.69, 9.17) is 0 Å². The maximum Gasteiger partial charge on any atom is 0.204 e. The smallest absolute Gasteiger partial charge is 0.204 e. The van der Waals surface area contributed by atoms with Gasteiger partial charge in [-0.05, 0) is 46.5 Å². The van der Waals surface area contributed by atoms with Crippen molar-refractivity contribution in [2.75, 3.05) is 7.11 Å². The fourth-order valence-electron chi connectivity index (χ4n) is 4.46. The zero-order valence-corrected chi connectivity index (χ0v) is 19.4. The summed E-state index contributed by atoms with van der Waals surface area (Å²) in [5, 5.41) is 1.90. The number of ether oxygens (including phenoxy) is 1. The van der Waals surface area contributed by atoms with Crippen LogP contribution in [0.4, 0.5) is 22.0 Å². The van der Waals surface area contributed by atoms with Gasteiger partial charge in [0.05, 0.1) is 7.11 Å². The molecule has 0 saturated carbocycles. The van der Waals surface area contributed by atoms with E-state index in [1.54, 1.807) is 12.1 Å². The van der Waals surface area contributed by atoms with Crippen molar-refractivity contribution >= 4 is 10.8 Å². The first-order valence-electron chi connectivity index (χ1n) is 11.5. The highest BCUT2D eigenvalue weighted by atomic mass is 19.2. The van der Waals surface area contributed by atoms with Crippen LogP contribution in [0.15, 0.2) is 66.7 Å². The average Bonchev–Trinajstić information content (AvgIpc) is 2.86. The van der Waals surface area contributed by atoms with Crippen molar-refractivity contribution in [2.24, 2.45) is 0 Å². The van der Waals surface area contributed by atoms with Gasteiger partial charge in [-0.2, -0.15) is 4.39 Å². The van der Waals surface area contributed by atoms with Crippen molar-refractivity contribution in [1.82, 2.24) is 0 Å². The Morgan fingerprint density at radius 2 is 1.46 bits per heavy atom. The number of hydrogen-bond donors (Lipinski definition) is 0. The summed E-state index contributed by atoms with van der Waals surface area (Å²) < 4.78 is 78.4. The highest BCUT2D eigenvalue weighted by molar-refractivity contribution is 5.83. The third kappa shape index (κ3) is 4.88. The van der Waals surface area contributed by atoms with Crippen LogP contribution in [0.1, 0.15) is 49.4 Å². The topological polar surface area (TPSA) is 9.23 Å². The van der Waals surface area contributed by atoms with E-state index in [0.29, 0.717) is 23.6 Å². The van der Waals surface area contributed by atoms with Crippen LogP contribution >= 0.6 is 0 Å². The molecule has 0 radical (unpaired) electrons. The SMILES string of the molecule is CCCCC(c1ccc(-c2cc(F)c(OC)c(F)c2F)c(F)c1)C(F)c1ccc2ccccc2c1. The molecule has 0 bridgehead atoms. The maximum absolute atomic E-state index is 15.8. The molecule has 0 fully saturated rings. The summed E-state index contributed by atoms with van der Waals surface area (Å²) in [6, 6.07) is 17.6. The maximum atomic E-state index is 15.8. The zero-order valence-electron chi connectivity index (χ0n) is 19.4. The standard InChI is InChI=1S/C29H25F5O/c1-3-4-9-21(26(32)20-11-10-17-7-5-6-8-18(17)14-20)19-12-13-22(24(30)15-19)23-16-25(31)29(35-2)28(34)27(23)33/h5-8,10-16,21,26H,3-4,9H2,1-2H3. The van der Waals surface area contributed by atoms with E-state index in [9.17, 15) is 13.2 Å². The lowest BCUT2D eigenvalue weighted by atomic mass is 9.85. The van der Waals surface area contributed by atoms with E-state index in [1.807, 2.05) is 37.3 Å². The fraction of sp³-hybridized carbons (Fsp3) is 0.241. The highest BCUT2D eigenvalue weighted by Gasteiger charge is 2.27. The summed E-state index contributed by atoms with van der Waals surface area (Å²) in [6.45, 7) is 1.99. The van der Waals surface area contributed by atoms with Gasteiger partial charge in [0, 0.05) is 17.0 Å². The summed E-state index contributed by atoms with van der Waals surface area (Å²) in [4.78, 5) is 0. The number of methoxy groups -OCH3 is 1. The molecular weight excluding hydrogens is 459 g/mol. The lowest BCUT2D eigenvalue weighted by Gasteiger charge is -2.23. The molecule has 0 aliphatic rings. The van der Waals surface area contributed by atoms with Crippen LogP contribution in [0.2, 0.25) is 0 Å². The van der Waals surface area contributed by atoms with Gasteiger partial charge in [-0.25, -0.2) is 17.6 Å². The Morgan fingerprint density at radius 3 is 2.14 bits per heavy atom. The fourth-order valence-corrected chi connectivity index (χ4v) is 4.46. The second-order valence-electron chi connectivity index (χ2n) is 8.56. The van der Waals surface area contributed by atoms with Gasteiger partial charge >= 0.3 is 0 Å². The van der Waals surface area contributed by atoms with Crippen LogP contribution in [0.25, 0.3) is 21.9 Å². The Kier molecular flexibility index (Phi) is 7.39. The van der Waals surface area contributed by atoms with Gasteiger partial charge in [0.2, 0.25) is 5.82 Å². The third-order valence-corrected chi connectivity index (χ3v) is 6.35. The first-order valence-corrected chi connectivity index (χ1v) is 11.5. The molecule has 182 valence electrons. The van der Waals surface area contributed by atoms with Gasteiger partial charge in [-0.3, -0.25) is 0 Å². The predicted octanol–water partition coefficient (Wildman–Crippen LogP) is 9.06. The van der Waals surface area contributed by atoms with E-state index in [-0.39, 0.29) is 5.56 Å². The number of hydrogen-bond acceptors (Lipinski definition) is 1. The monoisotopic (exact) mass is 484 g/mol. The van der Waals surface area contributed by atoms with Crippen LogP contribution in [0, 0.1) is 23.3 Å². The van der Waals surface area contributed by atoms with Crippen LogP contribution in [-0.4, -0.2) is 7.11 Å². The molecular formula is C29H25F5O. The summed E-state index contributed by atoms with van der Waals surface area (Å²) in [5.74, 6) is -6.51. The number of benzene rings is 4. The van der Waals surface area contributed by atoms with Crippen LogP contribution < -0.4 is 4.74 Å². The first kappa shape index (κ1) is 24.7. The van der Waals surface area contributed by atoms with Crippen molar-refractivity contribution in [3.05, 3.63) is 101 Å². The molecule has 0 aliphatic heterocycles. The molecule has 0 saturated heterocycles. The molecule has 0 spiro atoms. The third-order valence-electron chi connectivity index (χ3n) is 6.35. The minimum atomic E-state index is -1.54. The Morgan fingerprint density at radius 1 is 0.743 bits per heavy atom. The second-order valence-corrected chi connectivity index (χ2v) is 8.56. The quantitative estimate of drug-likeness (QED) is 0.179. The Hall–Kier alpha value is -3.41. The van der Waals surface area contributed by atoms with Crippen LogP contribution in [-0.2, 0) is 0 Å². The molecule has 0 amide bonds. The number of rotatable bonds is 8. The highest BCUT2D eigenvalue weighted by Crippen LogP contribution is 2.41. The lowest BCUT2D eigenvalue weighted by molar-refractivity contribution is 0.274. The minimum absolute atomic E-state index is 0.318. The zero-order chi connectivity index (χ0) is 25.1. The van der Waals surface area contributed by atoms with Crippen molar-refractivity contribution < 1.29 is 26.7 Å². The van der Waals surface area contributed by atoms with Crippen molar-refractivity contribution in [3.63, 3.8) is 0 Å². The molecule has 0 aromatic heterocycles. The summed E-state index contributed by atoms with van der Waals surface area (Å²) in [6.07, 6.45) is 0.635. The number of halogens is 5. The first-order chi connectivity index (χ1) is 16.8. The predicted molar refractivity (Wildman–Crippen MR) is 128 cm³/mol. The number of alkyl halides is 1. The van der Waals surface area contributed by atoms with Crippen LogP contribution in [0.5, 0.6) is 5.75 Å². The summed E-state index contributed by atoms with van der Waals surface area (Å²) in [7, 11) is 1.01. The van der Waals surface area contributed by atoms with E-state index < -0.39 is 46.7 Å². The van der Waals surface area contributed by atoms with Gasteiger partial charge in [0.1, 0.15) is 12.0 Å². The largest absolute Gasteiger partial charge is 0.491 e. The van der Waals surface area contributed by atoms with Gasteiger partial charge in [-0.1, -0.05) is 68.3 Å². The summed E-state index contributed by atoms with van der Waals surface area (Å²) in [5.41, 5.74) is -0.00167. The van der Waals surface area contributed by atoms with Crippen molar-refractivity contribution in [1.29, 1.82) is 0 Å². The molecule has 35 heavy (non-hydrogen) atoms. The van der Waals surface area contributed by atoms with E-state index >= 15 is 8.78 Å². The molecule has 6 heteroatoms. The molecule has 0 N–H and O–H groups in total. The molecule has 2 unspecified atom stereocenters. The molecule has 2 atom stereocenters. The van der Waals surface area contributed by atoms with Crippen LogP contribution in [0.3, 0.4) is 0 Å². The van der Waals surface area contributed by atoms with Gasteiger partial charge in [0.25, 0.3) is 0 Å². The van der Waals surface area contributed by atoms with Crippen molar-refractivity contribution in [2.45, 2.75) is 38.3 Å². The lowest BCUT2D eigenvalue weighted by Crippen LogP contribution is -2.09. The second kappa shape index (κ2) is 10.5. The molecule has 0 aliphatic carbocycles. The molecule has 4 aromatic carbocycles. The van der Waals surface area contributed by atoms with E-state index in [1.165, 1.54) is 12.1 Å². The van der Waals surface area contributed by atoms with Gasteiger partial charge < -0.3 is 4.74 Å². The Balaban J connectivity index is 1.72. The van der Waals surface area contributed by atoms with E-state index in [2.05, 4.69) is 4.74 Å². The Bertz CT molecular complexity index is 1350. The van der Waals surface area contributed by atoms with Crippen molar-refractivity contribution in [3.8, 4) is 16.9 Å². The summed E-state index contributed by atoms with van der Waals surface area (Å²) >= 11 is 0. The number of unbranched alkanes of at least 4 members (excludes halogenated alkanes) is 1. The normalized spacial score (nSPS) is 13.1. The molecule has 0 heterocycles. The Labute approximate surface area is 201 Å². The van der Waals surface area contributed by atoms with E-state index in [0.717, 1.165) is 36.8 Å². The minimum Gasteiger partial charge on any atom is -0.491 e. The molecule has 1 nitrogen and oxygen atoms in total. The van der Waals surface area contributed by atoms with Gasteiger partial charge in [0.15, 0.2) is 17.4 Å².